The van der Waals surface area contributed by atoms with Crippen molar-refractivity contribution in [1.29, 1.82) is 0 Å². The molecule has 0 radical (unpaired) electrons. The van der Waals surface area contributed by atoms with Crippen molar-refractivity contribution in [2.75, 3.05) is 0 Å². The molecule has 0 fully saturated rings. The van der Waals surface area contributed by atoms with Gasteiger partial charge in [-0.2, -0.15) is 5.10 Å². The van der Waals surface area contributed by atoms with Crippen LogP contribution in [-0.2, 0) is 6.61 Å². The van der Waals surface area contributed by atoms with E-state index in [0.29, 0.717) is 6.61 Å². The van der Waals surface area contributed by atoms with Crippen LogP contribution in [0, 0.1) is 13.8 Å². The van der Waals surface area contributed by atoms with Crippen LogP contribution < -0.4 is 4.74 Å². The van der Waals surface area contributed by atoms with Crippen molar-refractivity contribution in [2.24, 2.45) is 0 Å². The summed E-state index contributed by atoms with van der Waals surface area (Å²) in [7, 11) is 0. The lowest BCUT2D eigenvalue weighted by molar-refractivity contribution is 0.309. The summed E-state index contributed by atoms with van der Waals surface area (Å²) in [6.45, 7) is 4.61. The molecule has 0 atom stereocenters. The van der Waals surface area contributed by atoms with Gasteiger partial charge in [0.05, 0.1) is 21.8 Å². The first-order valence-corrected chi connectivity index (χ1v) is 7.24. The lowest BCUT2D eigenvalue weighted by Crippen LogP contribution is -1.99. The molecule has 3 rings (SSSR count). The highest BCUT2D eigenvalue weighted by Gasteiger charge is 2.04. The number of aryl methyl sites for hydroxylation is 2. The topological polar surface area (TPSA) is 39.9 Å². The predicted octanol–water partition coefficient (Wildman–Crippen LogP) is 3.52. The maximum Gasteiger partial charge on any atom is 0.124 e. The van der Waals surface area contributed by atoms with Crippen molar-refractivity contribution >= 4 is 11.3 Å². The first kappa shape index (κ1) is 12.9. The molecule has 0 spiro atoms. The quantitative estimate of drug-likeness (QED) is 0.736. The fourth-order valence-corrected chi connectivity index (χ4v) is 2.55. The van der Waals surface area contributed by atoms with Gasteiger partial charge in [0.1, 0.15) is 12.4 Å². The molecule has 102 valence electrons. The minimum atomic E-state index is 0.559. The van der Waals surface area contributed by atoms with Gasteiger partial charge < -0.3 is 4.74 Å². The molecule has 1 aromatic carbocycles. The Labute approximate surface area is 121 Å². The third-order valence-corrected chi connectivity index (χ3v) is 3.71. The summed E-state index contributed by atoms with van der Waals surface area (Å²) < 4.78 is 7.65. The Morgan fingerprint density at radius 1 is 1.20 bits per heavy atom. The van der Waals surface area contributed by atoms with E-state index in [1.807, 2.05) is 54.5 Å². The van der Waals surface area contributed by atoms with Gasteiger partial charge in [0.15, 0.2) is 0 Å². The number of nitrogens with zero attached hydrogens (tertiary/aromatic N) is 3. The average Bonchev–Trinajstić information content (AvgIpc) is 3.07. The van der Waals surface area contributed by atoms with Crippen molar-refractivity contribution in [1.82, 2.24) is 14.8 Å². The maximum atomic E-state index is 5.72. The third kappa shape index (κ3) is 2.72. The van der Waals surface area contributed by atoms with Crippen LogP contribution in [0.1, 0.15) is 16.3 Å². The van der Waals surface area contributed by atoms with E-state index in [-0.39, 0.29) is 0 Å². The van der Waals surface area contributed by atoms with Crippen molar-refractivity contribution in [3.05, 3.63) is 58.3 Å². The Bertz CT molecular complexity index is 686. The van der Waals surface area contributed by atoms with Crippen LogP contribution in [0.2, 0.25) is 0 Å². The summed E-state index contributed by atoms with van der Waals surface area (Å²) in [6, 6.07) is 10.0. The zero-order chi connectivity index (χ0) is 13.9. The van der Waals surface area contributed by atoms with Gasteiger partial charge in [-0.15, -0.1) is 11.3 Å². The van der Waals surface area contributed by atoms with E-state index in [2.05, 4.69) is 16.1 Å². The van der Waals surface area contributed by atoms with Crippen LogP contribution in [-0.4, -0.2) is 14.8 Å². The number of thiazole rings is 1. The van der Waals surface area contributed by atoms with Crippen molar-refractivity contribution < 1.29 is 4.74 Å². The van der Waals surface area contributed by atoms with E-state index in [1.165, 1.54) is 0 Å². The lowest BCUT2D eigenvalue weighted by Gasteiger charge is -2.07. The second-order valence-corrected chi connectivity index (χ2v) is 5.56. The van der Waals surface area contributed by atoms with Crippen LogP contribution in [0.3, 0.4) is 0 Å². The predicted molar refractivity (Wildman–Crippen MR) is 79.5 cm³/mol. The molecule has 0 unspecified atom stereocenters. The summed E-state index contributed by atoms with van der Waals surface area (Å²) >= 11 is 1.60. The number of hydrogen-bond acceptors (Lipinski definition) is 4. The molecule has 5 heteroatoms. The smallest absolute Gasteiger partial charge is 0.124 e. The second kappa shape index (κ2) is 5.46. The standard InChI is InChI=1S/C15H15N3OS/c1-11-7-12(2)18(17-11)13-3-5-14(6-4-13)19-9-15-8-16-10-20-15/h3-8,10H,9H2,1-2H3. The van der Waals surface area contributed by atoms with Gasteiger partial charge in [0.25, 0.3) is 0 Å². The highest BCUT2D eigenvalue weighted by atomic mass is 32.1. The Kier molecular flexibility index (Phi) is 3.52. The second-order valence-electron chi connectivity index (χ2n) is 4.59. The molecule has 2 heterocycles. The van der Waals surface area contributed by atoms with Crippen molar-refractivity contribution in [3.63, 3.8) is 0 Å². The molecule has 2 aromatic heterocycles. The SMILES string of the molecule is Cc1cc(C)n(-c2ccc(OCc3cncs3)cc2)n1. The zero-order valence-electron chi connectivity index (χ0n) is 11.4. The number of ether oxygens (including phenoxy) is 1. The monoisotopic (exact) mass is 285 g/mol. The molecule has 0 amide bonds. The van der Waals surface area contributed by atoms with Gasteiger partial charge in [-0.1, -0.05) is 0 Å². The van der Waals surface area contributed by atoms with Crippen molar-refractivity contribution in [3.8, 4) is 11.4 Å². The van der Waals surface area contributed by atoms with Crippen LogP contribution >= 0.6 is 11.3 Å². The first-order valence-electron chi connectivity index (χ1n) is 6.36. The largest absolute Gasteiger partial charge is 0.488 e. The molecule has 4 nitrogen and oxygen atoms in total. The highest BCUT2D eigenvalue weighted by Crippen LogP contribution is 2.18. The molecular weight excluding hydrogens is 270 g/mol. The zero-order valence-corrected chi connectivity index (χ0v) is 12.2. The summed E-state index contributed by atoms with van der Waals surface area (Å²) in [5, 5.41) is 4.47. The van der Waals surface area contributed by atoms with Gasteiger partial charge in [-0.25, -0.2) is 4.68 Å². The van der Waals surface area contributed by atoms with Gasteiger partial charge in [-0.05, 0) is 44.2 Å². The molecule has 0 aliphatic carbocycles. The summed E-state index contributed by atoms with van der Waals surface area (Å²) in [5.74, 6) is 0.851. The molecule has 0 saturated carbocycles. The van der Waals surface area contributed by atoms with Crippen LogP contribution in [0.5, 0.6) is 5.75 Å². The number of rotatable bonds is 4. The van der Waals surface area contributed by atoms with Crippen molar-refractivity contribution in [2.45, 2.75) is 20.5 Å². The molecule has 20 heavy (non-hydrogen) atoms. The summed E-state index contributed by atoms with van der Waals surface area (Å²) in [5.41, 5.74) is 5.00. The summed E-state index contributed by atoms with van der Waals surface area (Å²) in [6.07, 6.45) is 1.83. The Hall–Kier alpha value is -2.14. The number of hydrogen-bond donors (Lipinski definition) is 0. The fourth-order valence-electron chi connectivity index (χ4n) is 2.04. The van der Waals surface area contributed by atoms with Gasteiger partial charge in [0, 0.05) is 11.9 Å². The van der Waals surface area contributed by atoms with E-state index in [1.54, 1.807) is 11.3 Å². The van der Waals surface area contributed by atoms with E-state index < -0.39 is 0 Å². The van der Waals surface area contributed by atoms with E-state index in [9.17, 15) is 0 Å². The molecular formula is C15H15N3OS. The molecule has 0 aliphatic rings. The number of benzene rings is 1. The van der Waals surface area contributed by atoms with Crippen LogP contribution in [0.4, 0.5) is 0 Å². The van der Waals surface area contributed by atoms with E-state index >= 15 is 0 Å². The Morgan fingerprint density at radius 3 is 2.60 bits per heavy atom. The highest BCUT2D eigenvalue weighted by molar-refractivity contribution is 7.09. The minimum Gasteiger partial charge on any atom is -0.488 e. The summed E-state index contributed by atoms with van der Waals surface area (Å²) in [4.78, 5) is 5.15. The minimum absolute atomic E-state index is 0.559. The van der Waals surface area contributed by atoms with Gasteiger partial charge >= 0.3 is 0 Å². The maximum absolute atomic E-state index is 5.72. The fraction of sp³-hybridized carbons (Fsp3) is 0.200. The van der Waals surface area contributed by atoms with Crippen LogP contribution in [0.25, 0.3) is 5.69 Å². The Morgan fingerprint density at radius 2 is 2.00 bits per heavy atom. The van der Waals surface area contributed by atoms with E-state index in [4.69, 9.17) is 4.74 Å². The number of aromatic nitrogens is 3. The lowest BCUT2D eigenvalue weighted by atomic mass is 10.3. The molecule has 0 bridgehead atoms. The first-order chi connectivity index (χ1) is 9.72. The molecule has 3 aromatic rings. The van der Waals surface area contributed by atoms with Gasteiger partial charge in [-0.3, -0.25) is 4.98 Å². The Balaban J connectivity index is 1.73. The molecule has 0 aliphatic heterocycles. The van der Waals surface area contributed by atoms with Crippen LogP contribution in [0.15, 0.2) is 42.0 Å². The molecule has 0 saturated heterocycles. The van der Waals surface area contributed by atoms with E-state index in [0.717, 1.165) is 27.7 Å². The molecule has 0 N–H and O–H groups in total. The third-order valence-electron chi connectivity index (χ3n) is 2.96. The normalized spacial score (nSPS) is 10.7. The van der Waals surface area contributed by atoms with Gasteiger partial charge in [0.2, 0.25) is 0 Å². The average molecular weight is 285 g/mol.